The van der Waals surface area contributed by atoms with Crippen LogP contribution in [0.1, 0.15) is 18.5 Å². The molecule has 0 bridgehead atoms. The molecule has 14 heavy (non-hydrogen) atoms. The first kappa shape index (κ1) is 10.2. The van der Waals surface area contributed by atoms with Crippen LogP contribution < -0.4 is 10.1 Å². The maximum atomic E-state index is 5.68. The second-order valence-electron chi connectivity index (χ2n) is 3.74. The summed E-state index contributed by atoms with van der Waals surface area (Å²) in [7, 11) is 2.01. The van der Waals surface area contributed by atoms with Crippen molar-refractivity contribution in [3.8, 4) is 5.75 Å². The molecule has 0 aliphatic carbocycles. The average Bonchev–Trinajstić information content (AvgIpc) is 2.17. The lowest BCUT2D eigenvalue weighted by atomic mass is 9.92. The molecule has 2 unspecified atom stereocenters. The highest BCUT2D eigenvalue weighted by Crippen LogP contribution is 2.35. The summed E-state index contributed by atoms with van der Waals surface area (Å²) in [6.07, 6.45) is 0. The van der Waals surface area contributed by atoms with Gasteiger partial charge >= 0.3 is 0 Å². The molecule has 0 fully saturated rings. The summed E-state index contributed by atoms with van der Waals surface area (Å²) in [5, 5.41) is 3.35. The maximum Gasteiger partial charge on any atom is 0.124 e. The molecule has 0 radical (unpaired) electrons. The lowest BCUT2D eigenvalue weighted by Crippen LogP contribution is -2.31. The molecule has 1 N–H and O–H groups in total. The number of halogens is 1. The van der Waals surface area contributed by atoms with E-state index in [-0.39, 0.29) is 0 Å². The van der Waals surface area contributed by atoms with Crippen LogP contribution in [0.5, 0.6) is 5.75 Å². The Bertz CT molecular complexity index is 340. The lowest BCUT2D eigenvalue weighted by molar-refractivity contribution is 0.193. The summed E-state index contributed by atoms with van der Waals surface area (Å²) in [4.78, 5) is 0. The van der Waals surface area contributed by atoms with E-state index >= 15 is 0 Å². The Morgan fingerprint density at radius 3 is 3.00 bits per heavy atom. The van der Waals surface area contributed by atoms with Crippen molar-refractivity contribution < 1.29 is 4.74 Å². The van der Waals surface area contributed by atoms with Gasteiger partial charge in [-0.3, -0.25) is 0 Å². The number of nitrogens with one attached hydrogen (secondary N) is 1. The molecule has 1 aliphatic heterocycles. The summed E-state index contributed by atoms with van der Waals surface area (Å²) in [6, 6.07) is 6.77. The third kappa shape index (κ3) is 1.75. The van der Waals surface area contributed by atoms with E-state index in [9.17, 15) is 0 Å². The van der Waals surface area contributed by atoms with Crippen LogP contribution in [0.4, 0.5) is 0 Å². The summed E-state index contributed by atoms with van der Waals surface area (Å²) < 4.78 is 6.94. The van der Waals surface area contributed by atoms with Gasteiger partial charge in [-0.2, -0.15) is 0 Å². The van der Waals surface area contributed by atoms with Crippen LogP contribution in [-0.4, -0.2) is 13.7 Å². The van der Waals surface area contributed by atoms with Crippen molar-refractivity contribution in [2.75, 3.05) is 13.7 Å². The molecule has 0 spiro atoms. The van der Waals surface area contributed by atoms with Crippen LogP contribution in [0.2, 0.25) is 0 Å². The molecule has 0 amide bonds. The van der Waals surface area contributed by atoms with Gasteiger partial charge in [0.2, 0.25) is 0 Å². The van der Waals surface area contributed by atoms with Crippen molar-refractivity contribution in [1.82, 2.24) is 5.32 Å². The fourth-order valence-corrected chi connectivity index (χ4v) is 2.47. The van der Waals surface area contributed by atoms with E-state index in [0.717, 1.165) is 12.4 Å². The molecule has 0 aromatic heterocycles. The predicted molar refractivity (Wildman–Crippen MR) is 65.6 cm³/mol. The molecule has 0 saturated heterocycles. The number of hydrogen-bond donors (Lipinski definition) is 1. The average molecular weight is 303 g/mol. The van der Waals surface area contributed by atoms with Crippen molar-refractivity contribution in [1.29, 1.82) is 0 Å². The van der Waals surface area contributed by atoms with Gasteiger partial charge in [0.15, 0.2) is 0 Å². The third-order valence-electron chi connectivity index (χ3n) is 2.69. The lowest BCUT2D eigenvalue weighted by Gasteiger charge is -2.31. The molecule has 1 aliphatic rings. The Kier molecular flexibility index (Phi) is 2.97. The Morgan fingerprint density at radius 2 is 2.29 bits per heavy atom. The highest BCUT2D eigenvalue weighted by atomic mass is 127. The second kappa shape index (κ2) is 4.06. The van der Waals surface area contributed by atoms with Crippen LogP contribution in [0.3, 0.4) is 0 Å². The van der Waals surface area contributed by atoms with E-state index in [0.29, 0.717) is 12.0 Å². The fraction of sp³-hybridized carbons (Fsp3) is 0.455. The first-order chi connectivity index (χ1) is 6.72. The number of fused-ring (bicyclic) bond motifs is 1. The molecule has 2 rings (SSSR count). The summed E-state index contributed by atoms with van der Waals surface area (Å²) >= 11 is 2.34. The van der Waals surface area contributed by atoms with Gasteiger partial charge in [0.25, 0.3) is 0 Å². The SMILES string of the molecule is CNC1c2cc(I)ccc2OCC1C. The molecule has 1 aromatic rings. The van der Waals surface area contributed by atoms with Crippen LogP contribution in [0.15, 0.2) is 18.2 Å². The summed E-state index contributed by atoms with van der Waals surface area (Å²) in [5.41, 5.74) is 1.29. The molecule has 0 saturated carbocycles. The van der Waals surface area contributed by atoms with E-state index in [1.54, 1.807) is 0 Å². The van der Waals surface area contributed by atoms with Gasteiger partial charge in [0.1, 0.15) is 5.75 Å². The predicted octanol–water partition coefficient (Wildman–Crippen LogP) is 2.58. The van der Waals surface area contributed by atoms with Gasteiger partial charge in [-0.1, -0.05) is 6.92 Å². The Hall–Kier alpha value is -0.290. The molecule has 3 heteroatoms. The zero-order valence-corrected chi connectivity index (χ0v) is 10.5. The van der Waals surface area contributed by atoms with Crippen LogP contribution in [-0.2, 0) is 0 Å². The topological polar surface area (TPSA) is 21.3 Å². The molecule has 2 nitrogen and oxygen atoms in total. The fourth-order valence-electron chi connectivity index (χ4n) is 1.96. The number of benzene rings is 1. The number of rotatable bonds is 1. The molecular formula is C11H14INO. The monoisotopic (exact) mass is 303 g/mol. The van der Waals surface area contributed by atoms with Crippen molar-refractivity contribution in [3.63, 3.8) is 0 Å². The van der Waals surface area contributed by atoms with Gasteiger partial charge in [-0.15, -0.1) is 0 Å². The first-order valence-electron chi connectivity index (χ1n) is 4.82. The number of hydrogen-bond acceptors (Lipinski definition) is 2. The molecule has 2 atom stereocenters. The molecule has 1 aromatic carbocycles. The quantitative estimate of drug-likeness (QED) is 0.805. The molecular weight excluding hydrogens is 289 g/mol. The second-order valence-corrected chi connectivity index (χ2v) is 4.98. The highest BCUT2D eigenvalue weighted by Gasteiger charge is 2.26. The van der Waals surface area contributed by atoms with Crippen molar-refractivity contribution in [2.45, 2.75) is 13.0 Å². The van der Waals surface area contributed by atoms with Gasteiger partial charge in [0, 0.05) is 21.1 Å². The van der Waals surface area contributed by atoms with E-state index in [2.05, 4.69) is 53.0 Å². The van der Waals surface area contributed by atoms with E-state index in [4.69, 9.17) is 4.74 Å². The zero-order chi connectivity index (χ0) is 10.1. The maximum absolute atomic E-state index is 5.68. The highest BCUT2D eigenvalue weighted by molar-refractivity contribution is 14.1. The van der Waals surface area contributed by atoms with Gasteiger partial charge in [-0.05, 0) is 47.8 Å². The largest absolute Gasteiger partial charge is 0.493 e. The van der Waals surface area contributed by atoms with Crippen molar-refractivity contribution in [2.24, 2.45) is 5.92 Å². The van der Waals surface area contributed by atoms with Crippen LogP contribution >= 0.6 is 22.6 Å². The number of ether oxygens (including phenoxy) is 1. The minimum absolute atomic E-state index is 0.425. The Labute approximate surface area is 98.2 Å². The van der Waals surface area contributed by atoms with Crippen LogP contribution in [0.25, 0.3) is 0 Å². The van der Waals surface area contributed by atoms with Crippen molar-refractivity contribution in [3.05, 3.63) is 27.3 Å². The minimum Gasteiger partial charge on any atom is -0.493 e. The van der Waals surface area contributed by atoms with Crippen LogP contribution in [0, 0.1) is 9.49 Å². The van der Waals surface area contributed by atoms with Gasteiger partial charge in [-0.25, -0.2) is 0 Å². The third-order valence-corrected chi connectivity index (χ3v) is 3.36. The van der Waals surface area contributed by atoms with Crippen molar-refractivity contribution >= 4 is 22.6 Å². The Balaban J connectivity index is 2.43. The van der Waals surface area contributed by atoms with E-state index in [1.165, 1.54) is 9.13 Å². The van der Waals surface area contributed by atoms with E-state index < -0.39 is 0 Å². The first-order valence-corrected chi connectivity index (χ1v) is 5.89. The van der Waals surface area contributed by atoms with Gasteiger partial charge in [0.05, 0.1) is 6.61 Å². The van der Waals surface area contributed by atoms with E-state index in [1.807, 2.05) is 7.05 Å². The normalized spacial score (nSPS) is 25.4. The zero-order valence-electron chi connectivity index (χ0n) is 8.38. The standard InChI is InChI=1S/C11H14INO/c1-7-6-14-10-4-3-8(12)5-9(10)11(7)13-2/h3-5,7,11,13H,6H2,1-2H3. The Morgan fingerprint density at radius 1 is 1.50 bits per heavy atom. The minimum atomic E-state index is 0.425. The molecule has 1 heterocycles. The summed E-state index contributed by atoms with van der Waals surface area (Å²) in [5.74, 6) is 1.56. The summed E-state index contributed by atoms with van der Waals surface area (Å²) in [6.45, 7) is 3.02. The smallest absolute Gasteiger partial charge is 0.124 e. The molecule has 76 valence electrons. The van der Waals surface area contributed by atoms with Gasteiger partial charge < -0.3 is 10.1 Å².